The van der Waals surface area contributed by atoms with Gasteiger partial charge in [-0.3, -0.25) is 15.0 Å². The summed E-state index contributed by atoms with van der Waals surface area (Å²) in [5.74, 6) is -0.557. The van der Waals surface area contributed by atoms with E-state index < -0.39 is 5.91 Å². The minimum Gasteiger partial charge on any atom is -0.288 e. The van der Waals surface area contributed by atoms with E-state index in [0.717, 1.165) is 16.5 Å². The predicted molar refractivity (Wildman–Crippen MR) is 112 cm³/mol. The van der Waals surface area contributed by atoms with Gasteiger partial charge in [0.15, 0.2) is 0 Å². The van der Waals surface area contributed by atoms with E-state index in [1.165, 1.54) is 35.7 Å². The van der Waals surface area contributed by atoms with Crippen molar-refractivity contribution in [2.75, 3.05) is 0 Å². The number of hydroxylamine groups is 1. The maximum absolute atomic E-state index is 11.6. The average molecular weight is 374 g/mol. The fourth-order valence-corrected chi connectivity index (χ4v) is 4.26. The van der Waals surface area contributed by atoms with Crippen molar-refractivity contribution in [2.24, 2.45) is 0 Å². The molecule has 0 saturated heterocycles. The van der Waals surface area contributed by atoms with Gasteiger partial charge in [-0.2, -0.15) is 0 Å². The fraction of sp³-hybridized carbons (Fsp3) is 0.333. The molecule has 0 spiro atoms. The van der Waals surface area contributed by atoms with Crippen LogP contribution < -0.4 is 5.48 Å². The zero-order valence-electron chi connectivity index (χ0n) is 16.8. The summed E-state index contributed by atoms with van der Waals surface area (Å²) in [6, 6.07) is 14.7. The molecule has 1 heterocycles. The van der Waals surface area contributed by atoms with E-state index in [1.807, 2.05) is 6.07 Å². The standard InChI is InChI=1S/C24H26N2O2/c1-23(2)9-10-24(3,4)20-12-15(7-8-19(20)23)16-5-6-17-11-18(22(27)26-28)14-25-21(17)13-16/h5-8,11-14,28H,9-10H2,1-4H3,(H,26,27). The number of rotatable bonds is 2. The van der Waals surface area contributed by atoms with E-state index in [0.29, 0.717) is 5.56 Å². The molecule has 0 aliphatic heterocycles. The highest BCUT2D eigenvalue weighted by atomic mass is 16.5. The molecule has 144 valence electrons. The van der Waals surface area contributed by atoms with Gasteiger partial charge in [-0.05, 0) is 58.1 Å². The molecule has 0 fully saturated rings. The van der Waals surface area contributed by atoms with Crippen LogP contribution in [0.15, 0.2) is 48.7 Å². The first-order chi connectivity index (χ1) is 13.2. The molecule has 28 heavy (non-hydrogen) atoms. The lowest BCUT2D eigenvalue weighted by Crippen LogP contribution is -2.33. The van der Waals surface area contributed by atoms with Crippen molar-refractivity contribution in [1.82, 2.24) is 10.5 Å². The number of aromatic nitrogens is 1. The molecule has 4 rings (SSSR count). The Kier molecular flexibility index (Phi) is 4.27. The molecule has 0 radical (unpaired) electrons. The Balaban J connectivity index is 1.79. The van der Waals surface area contributed by atoms with Crippen LogP contribution in [0.2, 0.25) is 0 Å². The number of carbonyl (C=O) groups is 1. The van der Waals surface area contributed by atoms with Crippen LogP contribution in [-0.4, -0.2) is 16.1 Å². The molecule has 0 unspecified atom stereocenters. The molecule has 2 aromatic carbocycles. The van der Waals surface area contributed by atoms with Gasteiger partial charge in [-0.15, -0.1) is 0 Å². The van der Waals surface area contributed by atoms with Crippen LogP contribution in [0.5, 0.6) is 0 Å². The number of amides is 1. The molecule has 3 aromatic rings. The van der Waals surface area contributed by atoms with Gasteiger partial charge in [0, 0.05) is 11.6 Å². The van der Waals surface area contributed by atoms with Gasteiger partial charge in [-0.25, -0.2) is 5.48 Å². The van der Waals surface area contributed by atoms with Gasteiger partial charge in [0.25, 0.3) is 5.91 Å². The molecule has 0 atom stereocenters. The Morgan fingerprint density at radius 1 is 0.929 bits per heavy atom. The van der Waals surface area contributed by atoms with Crippen molar-refractivity contribution in [3.8, 4) is 11.1 Å². The number of hydrogen-bond acceptors (Lipinski definition) is 3. The molecule has 4 heteroatoms. The Bertz CT molecular complexity index is 1080. The molecule has 4 nitrogen and oxygen atoms in total. The van der Waals surface area contributed by atoms with Crippen molar-refractivity contribution in [3.63, 3.8) is 0 Å². The van der Waals surface area contributed by atoms with Gasteiger partial charge >= 0.3 is 0 Å². The fourth-order valence-electron chi connectivity index (χ4n) is 4.26. The molecule has 0 saturated carbocycles. The highest BCUT2D eigenvalue weighted by Crippen LogP contribution is 2.46. The SMILES string of the molecule is CC1(C)CCC(C)(C)c2cc(-c3ccc4cc(C(=O)NO)cnc4c3)ccc21. The maximum atomic E-state index is 11.6. The average Bonchev–Trinajstić information content (AvgIpc) is 2.70. The Labute approximate surface area is 165 Å². The van der Waals surface area contributed by atoms with E-state index >= 15 is 0 Å². The first kappa shape index (κ1) is 18.6. The number of benzene rings is 2. The van der Waals surface area contributed by atoms with Gasteiger partial charge in [0.1, 0.15) is 0 Å². The third kappa shape index (κ3) is 3.08. The molecular weight excluding hydrogens is 348 g/mol. The third-order valence-corrected chi connectivity index (χ3v) is 6.23. The normalized spacial score (nSPS) is 17.2. The number of pyridine rings is 1. The summed E-state index contributed by atoms with van der Waals surface area (Å²) in [7, 11) is 0. The van der Waals surface area contributed by atoms with E-state index in [2.05, 4.69) is 63.0 Å². The number of nitrogens with zero attached hydrogens (tertiary/aromatic N) is 1. The number of nitrogens with one attached hydrogen (secondary N) is 1. The summed E-state index contributed by atoms with van der Waals surface area (Å²) in [6.45, 7) is 9.34. The molecule has 1 amide bonds. The van der Waals surface area contributed by atoms with Crippen molar-refractivity contribution < 1.29 is 10.0 Å². The first-order valence-corrected chi connectivity index (χ1v) is 9.71. The topological polar surface area (TPSA) is 62.2 Å². The maximum Gasteiger partial charge on any atom is 0.276 e. The highest BCUT2D eigenvalue weighted by molar-refractivity contribution is 5.97. The number of hydrogen-bond donors (Lipinski definition) is 2. The minimum absolute atomic E-state index is 0.169. The first-order valence-electron chi connectivity index (χ1n) is 9.71. The van der Waals surface area contributed by atoms with Crippen molar-refractivity contribution in [1.29, 1.82) is 0 Å². The Hall–Kier alpha value is -2.72. The summed E-state index contributed by atoms with van der Waals surface area (Å²) in [4.78, 5) is 16.0. The lowest BCUT2D eigenvalue weighted by atomic mass is 9.63. The van der Waals surface area contributed by atoms with Crippen LogP contribution in [-0.2, 0) is 10.8 Å². The summed E-state index contributed by atoms with van der Waals surface area (Å²) >= 11 is 0. The van der Waals surface area contributed by atoms with Crippen LogP contribution >= 0.6 is 0 Å². The minimum atomic E-state index is -0.557. The van der Waals surface area contributed by atoms with Crippen LogP contribution in [0.25, 0.3) is 22.0 Å². The van der Waals surface area contributed by atoms with E-state index in [-0.39, 0.29) is 10.8 Å². The van der Waals surface area contributed by atoms with Crippen LogP contribution in [0.1, 0.15) is 62.0 Å². The Morgan fingerprint density at radius 2 is 1.57 bits per heavy atom. The Morgan fingerprint density at radius 3 is 2.29 bits per heavy atom. The van der Waals surface area contributed by atoms with E-state index in [4.69, 9.17) is 5.21 Å². The monoisotopic (exact) mass is 374 g/mol. The second kappa shape index (κ2) is 6.42. The summed E-state index contributed by atoms with van der Waals surface area (Å²) in [6.07, 6.45) is 3.87. The third-order valence-electron chi connectivity index (χ3n) is 6.23. The second-order valence-electron chi connectivity index (χ2n) is 9.10. The van der Waals surface area contributed by atoms with E-state index in [1.54, 1.807) is 11.5 Å². The van der Waals surface area contributed by atoms with Gasteiger partial charge in [-0.1, -0.05) is 58.0 Å². The summed E-state index contributed by atoms with van der Waals surface area (Å²) in [5, 5.41) is 9.67. The van der Waals surface area contributed by atoms with Crippen LogP contribution in [0, 0.1) is 0 Å². The van der Waals surface area contributed by atoms with Crippen molar-refractivity contribution in [3.05, 3.63) is 65.4 Å². The highest BCUT2D eigenvalue weighted by Gasteiger charge is 2.36. The smallest absolute Gasteiger partial charge is 0.276 e. The summed E-state index contributed by atoms with van der Waals surface area (Å²) < 4.78 is 0. The lowest BCUT2D eigenvalue weighted by Gasteiger charge is -2.42. The van der Waals surface area contributed by atoms with E-state index in [9.17, 15) is 4.79 Å². The largest absolute Gasteiger partial charge is 0.288 e. The summed E-state index contributed by atoms with van der Waals surface area (Å²) in [5.41, 5.74) is 8.36. The van der Waals surface area contributed by atoms with Crippen LogP contribution in [0.3, 0.4) is 0 Å². The van der Waals surface area contributed by atoms with Gasteiger partial charge in [0.2, 0.25) is 0 Å². The molecule has 1 aliphatic rings. The molecular formula is C24H26N2O2. The number of carbonyl (C=O) groups excluding carboxylic acids is 1. The van der Waals surface area contributed by atoms with Gasteiger partial charge in [0.05, 0.1) is 11.1 Å². The van der Waals surface area contributed by atoms with Crippen LogP contribution in [0.4, 0.5) is 0 Å². The molecule has 1 aliphatic carbocycles. The molecule has 0 bridgehead atoms. The zero-order chi connectivity index (χ0) is 20.1. The molecule has 2 N–H and O–H groups in total. The van der Waals surface area contributed by atoms with Crippen molar-refractivity contribution >= 4 is 16.8 Å². The lowest BCUT2D eigenvalue weighted by molar-refractivity contribution is 0.0706. The second-order valence-corrected chi connectivity index (χ2v) is 9.10. The predicted octanol–water partition coefficient (Wildman–Crippen LogP) is 5.37. The van der Waals surface area contributed by atoms with Gasteiger partial charge < -0.3 is 0 Å². The number of fused-ring (bicyclic) bond motifs is 2. The quantitative estimate of drug-likeness (QED) is 0.468. The van der Waals surface area contributed by atoms with Crippen molar-refractivity contribution in [2.45, 2.75) is 51.4 Å². The zero-order valence-corrected chi connectivity index (χ0v) is 16.8. The molecule has 1 aromatic heterocycles.